The monoisotopic (exact) mass is 368 g/mol. The van der Waals surface area contributed by atoms with Gasteiger partial charge in [0.25, 0.3) is 5.91 Å². The van der Waals surface area contributed by atoms with Crippen molar-refractivity contribution in [1.29, 1.82) is 0 Å². The summed E-state index contributed by atoms with van der Waals surface area (Å²) < 4.78 is 0. The predicted octanol–water partition coefficient (Wildman–Crippen LogP) is 3.45. The van der Waals surface area contributed by atoms with Crippen molar-refractivity contribution >= 4 is 23.6 Å². The average Bonchev–Trinajstić information content (AvgIpc) is 2.72. The maximum atomic E-state index is 12.3. The number of nitrogens with one attached hydrogen (secondary N) is 1. The number of likely N-dealkylation sites (tertiary alicyclic amines) is 1. The molecule has 0 bridgehead atoms. The number of rotatable bonds is 6. The van der Waals surface area contributed by atoms with E-state index in [-0.39, 0.29) is 18.4 Å². The molecule has 2 amide bonds. The van der Waals surface area contributed by atoms with Crippen LogP contribution in [0, 0.1) is 5.92 Å². The Bertz CT molecular complexity index is 713. The second-order valence-corrected chi connectivity index (χ2v) is 7.59. The first-order valence-electron chi connectivity index (χ1n) is 9.01. The summed E-state index contributed by atoms with van der Waals surface area (Å²) in [5.41, 5.74) is 0.581. The van der Waals surface area contributed by atoms with E-state index in [0.29, 0.717) is 11.5 Å². The van der Waals surface area contributed by atoms with Gasteiger partial charge >= 0.3 is 0 Å². The summed E-state index contributed by atoms with van der Waals surface area (Å²) >= 11 is 1.89. The van der Waals surface area contributed by atoms with E-state index in [0.717, 1.165) is 31.7 Å². The summed E-state index contributed by atoms with van der Waals surface area (Å²) in [6.45, 7) is 1.62. The van der Waals surface area contributed by atoms with Crippen molar-refractivity contribution in [3.63, 3.8) is 0 Å². The predicted molar refractivity (Wildman–Crippen MR) is 105 cm³/mol. The van der Waals surface area contributed by atoms with Gasteiger partial charge in [0.2, 0.25) is 5.91 Å². The third-order valence-electron chi connectivity index (χ3n) is 4.63. The molecule has 1 fully saturated rings. The van der Waals surface area contributed by atoms with Crippen molar-refractivity contribution in [1.82, 2.24) is 10.2 Å². The molecule has 1 heterocycles. The number of benzene rings is 2. The van der Waals surface area contributed by atoms with Crippen LogP contribution in [-0.4, -0.2) is 42.1 Å². The van der Waals surface area contributed by atoms with E-state index >= 15 is 0 Å². The van der Waals surface area contributed by atoms with Crippen LogP contribution in [0.3, 0.4) is 0 Å². The van der Waals surface area contributed by atoms with Gasteiger partial charge in [-0.05, 0) is 43.0 Å². The molecule has 0 aromatic heterocycles. The lowest BCUT2D eigenvalue weighted by Gasteiger charge is -2.32. The molecule has 0 radical (unpaired) electrons. The average molecular weight is 369 g/mol. The number of hydrogen-bond acceptors (Lipinski definition) is 3. The molecule has 26 heavy (non-hydrogen) atoms. The molecule has 1 N–H and O–H groups in total. The summed E-state index contributed by atoms with van der Waals surface area (Å²) in [5, 5.41) is 2.72. The van der Waals surface area contributed by atoms with Gasteiger partial charge in [0, 0.05) is 29.3 Å². The van der Waals surface area contributed by atoms with Crippen LogP contribution in [0.5, 0.6) is 0 Å². The molecule has 2 aromatic carbocycles. The first-order valence-corrected chi connectivity index (χ1v) is 10.00. The van der Waals surface area contributed by atoms with E-state index in [1.165, 1.54) is 4.90 Å². The highest BCUT2D eigenvalue weighted by molar-refractivity contribution is 7.99. The van der Waals surface area contributed by atoms with Crippen LogP contribution < -0.4 is 5.32 Å². The third kappa shape index (κ3) is 5.36. The summed E-state index contributed by atoms with van der Waals surface area (Å²) in [5.74, 6) is 1.54. The van der Waals surface area contributed by atoms with Crippen LogP contribution in [0.15, 0.2) is 65.6 Å². The molecule has 0 atom stereocenters. The van der Waals surface area contributed by atoms with E-state index < -0.39 is 0 Å². The van der Waals surface area contributed by atoms with Crippen LogP contribution in [0.2, 0.25) is 0 Å². The fourth-order valence-corrected chi connectivity index (χ4v) is 4.15. The zero-order valence-corrected chi connectivity index (χ0v) is 15.6. The van der Waals surface area contributed by atoms with Crippen molar-refractivity contribution in [3.8, 4) is 0 Å². The Balaban J connectivity index is 1.37. The minimum absolute atomic E-state index is 0.00319. The molecule has 1 aliphatic heterocycles. The van der Waals surface area contributed by atoms with Gasteiger partial charge in [-0.25, -0.2) is 0 Å². The molecule has 0 aliphatic carbocycles. The Morgan fingerprint density at radius 3 is 2.23 bits per heavy atom. The largest absolute Gasteiger partial charge is 0.343 e. The second kappa shape index (κ2) is 9.43. The number of nitrogens with zero attached hydrogens (tertiary/aromatic N) is 1. The Kier molecular flexibility index (Phi) is 6.72. The van der Waals surface area contributed by atoms with Crippen LogP contribution in [0.1, 0.15) is 23.2 Å². The lowest BCUT2D eigenvalue weighted by Crippen LogP contribution is -2.44. The van der Waals surface area contributed by atoms with E-state index in [1.54, 1.807) is 12.1 Å². The minimum Gasteiger partial charge on any atom is -0.343 e. The highest BCUT2D eigenvalue weighted by Gasteiger charge is 2.23. The van der Waals surface area contributed by atoms with E-state index in [4.69, 9.17) is 0 Å². The van der Waals surface area contributed by atoms with Gasteiger partial charge in [0.1, 0.15) is 0 Å². The molecule has 1 aliphatic rings. The normalized spacial score (nSPS) is 14.8. The number of hydrogen-bond donors (Lipinski definition) is 1. The Morgan fingerprint density at radius 2 is 1.58 bits per heavy atom. The standard InChI is InChI=1S/C21H24N2O2S/c24-20(15-22-21(25)18-7-3-1-4-8-18)23-13-11-17(12-14-23)16-26-19-9-5-2-6-10-19/h1-10,17H,11-16H2,(H,22,25). The van der Waals surface area contributed by atoms with Gasteiger partial charge in [-0.15, -0.1) is 11.8 Å². The number of amides is 2. The fourth-order valence-electron chi connectivity index (χ4n) is 3.04. The SMILES string of the molecule is O=C(NCC(=O)N1CCC(CSc2ccccc2)CC1)c1ccccc1. The highest BCUT2D eigenvalue weighted by atomic mass is 32.2. The van der Waals surface area contributed by atoms with Crippen molar-refractivity contribution in [3.05, 3.63) is 66.2 Å². The van der Waals surface area contributed by atoms with Crippen molar-refractivity contribution < 1.29 is 9.59 Å². The van der Waals surface area contributed by atoms with Crippen LogP contribution >= 0.6 is 11.8 Å². The summed E-state index contributed by atoms with van der Waals surface area (Å²) in [6, 6.07) is 19.4. The topological polar surface area (TPSA) is 49.4 Å². The molecular formula is C21H24N2O2S. The zero-order chi connectivity index (χ0) is 18.2. The maximum Gasteiger partial charge on any atom is 0.251 e. The van der Waals surface area contributed by atoms with E-state index in [1.807, 2.05) is 40.9 Å². The Labute approximate surface area is 159 Å². The molecule has 4 nitrogen and oxygen atoms in total. The van der Waals surface area contributed by atoms with Crippen molar-refractivity contribution in [2.75, 3.05) is 25.4 Å². The van der Waals surface area contributed by atoms with Crippen molar-refractivity contribution in [2.45, 2.75) is 17.7 Å². The van der Waals surface area contributed by atoms with Gasteiger partial charge in [0.15, 0.2) is 0 Å². The van der Waals surface area contributed by atoms with Crippen LogP contribution in [-0.2, 0) is 4.79 Å². The molecule has 0 saturated carbocycles. The lowest BCUT2D eigenvalue weighted by molar-refractivity contribution is -0.131. The van der Waals surface area contributed by atoms with Gasteiger partial charge < -0.3 is 10.2 Å². The second-order valence-electron chi connectivity index (χ2n) is 6.50. The van der Waals surface area contributed by atoms with Gasteiger partial charge in [-0.1, -0.05) is 36.4 Å². The maximum absolute atomic E-state index is 12.3. The fraction of sp³-hybridized carbons (Fsp3) is 0.333. The lowest BCUT2D eigenvalue weighted by atomic mass is 9.99. The molecule has 5 heteroatoms. The number of carbonyl (C=O) groups excluding carboxylic acids is 2. The van der Waals surface area contributed by atoms with Crippen LogP contribution in [0.4, 0.5) is 0 Å². The molecule has 1 saturated heterocycles. The van der Waals surface area contributed by atoms with Crippen LogP contribution in [0.25, 0.3) is 0 Å². The first-order chi connectivity index (χ1) is 12.7. The number of thioether (sulfide) groups is 1. The van der Waals surface area contributed by atoms with Gasteiger partial charge in [0.05, 0.1) is 6.54 Å². The molecular weight excluding hydrogens is 344 g/mol. The molecule has 0 unspecified atom stereocenters. The number of piperidine rings is 1. The van der Waals surface area contributed by atoms with E-state index in [2.05, 4.69) is 29.6 Å². The summed E-state index contributed by atoms with van der Waals surface area (Å²) in [7, 11) is 0. The quantitative estimate of drug-likeness (QED) is 0.795. The zero-order valence-electron chi connectivity index (χ0n) is 14.8. The first kappa shape index (κ1) is 18.5. The van der Waals surface area contributed by atoms with Gasteiger partial charge in [-0.2, -0.15) is 0 Å². The Morgan fingerprint density at radius 1 is 0.962 bits per heavy atom. The van der Waals surface area contributed by atoms with Gasteiger partial charge in [-0.3, -0.25) is 9.59 Å². The molecule has 136 valence electrons. The molecule has 3 rings (SSSR count). The minimum atomic E-state index is -0.201. The number of carbonyl (C=O) groups is 2. The molecule has 2 aromatic rings. The van der Waals surface area contributed by atoms with Crippen molar-refractivity contribution in [2.24, 2.45) is 5.92 Å². The smallest absolute Gasteiger partial charge is 0.251 e. The summed E-state index contributed by atoms with van der Waals surface area (Å²) in [4.78, 5) is 27.5. The Hall–Kier alpha value is -2.27. The van der Waals surface area contributed by atoms with E-state index in [9.17, 15) is 9.59 Å². The third-order valence-corrected chi connectivity index (χ3v) is 5.88. The molecule has 0 spiro atoms. The highest BCUT2D eigenvalue weighted by Crippen LogP contribution is 2.26. The summed E-state index contributed by atoms with van der Waals surface area (Å²) in [6.07, 6.45) is 2.05.